The molecule has 20 heavy (non-hydrogen) atoms. The van der Waals surface area contributed by atoms with Crippen molar-refractivity contribution >= 4 is 11.5 Å². The standard InChI is InChI=1S/C12H12F3NO4/c13-12(14,15)6-1-7-20-8-11(17)9-2-4-10(5-3-9)16(18)19/h2-5H,1,6-8H2. The summed E-state index contributed by atoms with van der Waals surface area (Å²) in [6.45, 7) is -0.520. The maximum Gasteiger partial charge on any atom is 0.389 e. The highest BCUT2D eigenvalue weighted by Crippen LogP contribution is 2.21. The van der Waals surface area contributed by atoms with E-state index in [9.17, 15) is 28.1 Å². The van der Waals surface area contributed by atoms with E-state index in [0.717, 1.165) is 0 Å². The van der Waals surface area contributed by atoms with E-state index in [0.29, 0.717) is 0 Å². The fourth-order valence-electron chi connectivity index (χ4n) is 1.39. The predicted octanol–water partition coefficient (Wildman–Crippen LogP) is 3.14. The molecule has 0 N–H and O–H groups in total. The number of benzene rings is 1. The highest BCUT2D eigenvalue weighted by atomic mass is 19.4. The quantitative estimate of drug-likeness (QED) is 0.335. The number of nitrogens with zero attached hydrogens (tertiary/aromatic N) is 1. The molecule has 0 aliphatic heterocycles. The maximum absolute atomic E-state index is 11.8. The first kappa shape index (κ1) is 16.1. The Kier molecular flexibility index (Phi) is 5.63. The van der Waals surface area contributed by atoms with E-state index in [1.54, 1.807) is 0 Å². The number of nitro benzene ring substituents is 1. The molecule has 0 radical (unpaired) electrons. The normalized spacial score (nSPS) is 11.3. The lowest BCUT2D eigenvalue weighted by molar-refractivity contribution is -0.384. The van der Waals surface area contributed by atoms with Gasteiger partial charge in [-0.2, -0.15) is 13.2 Å². The van der Waals surface area contributed by atoms with Crippen molar-refractivity contribution in [2.24, 2.45) is 0 Å². The molecule has 0 saturated heterocycles. The molecule has 110 valence electrons. The molecule has 0 aliphatic carbocycles. The van der Waals surface area contributed by atoms with E-state index in [1.807, 2.05) is 0 Å². The van der Waals surface area contributed by atoms with Gasteiger partial charge in [0.2, 0.25) is 0 Å². The van der Waals surface area contributed by atoms with Gasteiger partial charge in [-0.3, -0.25) is 14.9 Å². The molecule has 1 aromatic rings. The lowest BCUT2D eigenvalue weighted by Gasteiger charge is -2.06. The van der Waals surface area contributed by atoms with E-state index in [1.165, 1.54) is 24.3 Å². The molecule has 0 atom stereocenters. The minimum atomic E-state index is -4.23. The Labute approximate surface area is 112 Å². The molecule has 0 heterocycles. The molecule has 1 aromatic carbocycles. The summed E-state index contributed by atoms with van der Waals surface area (Å²) < 4.78 is 40.3. The van der Waals surface area contributed by atoms with E-state index >= 15 is 0 Å². The number of hydrogen-bond acceptors (Lipinski definition) is 4. The van der Waals surface area contributed by atoms with Gasteiger partial charge in [-0.15, -0.1) is 0 Å². The van der Waals surface area contributed by atoms with Crippen molar-refractivity contribution in [3.63, 3.8) is 0 Å². The number of ether oxygens (including phenoxy) is 1. The first-order valence-electron chi connectivity index (χ1n) is 5.72. The topological polar surface area (TPSA) is 69.4 Å². The molecule has 8 heteroatoms. The van der Waals surface area contributed by atoms with Gasteiger partial charge in [0, 0.05) is 30.7 Å². The lowest BCUT2D eigenvalue weighted by atomic mass is 10.1. The number of ketones is 1. The second kappa shape index (κ2) is 6.99. The third kappa shape index (κ3) is 5.79. The van der Waals surface area contributed by atoms with E-state index in [4.69, 9.17) is 4.74 Å². The molecular weight excluding hydrogens is 279 g/mol. The van der Waals surface area contributed by atoms with Crippen molar-refractivity contribution in [2.75, 3.05) is 13.2 Å². The first-order valence-corrected chi connectivity index (χ1v) is 5.72. The predicted molar refractivity (Wildman–Crippen MR) is 63.5 cm³/mol. The minimum Gasteiger partial charge on any atom is -0.373 e. The molecule has 0 aromatic heterocycles. The minimum absolute atomic E-state index is 0.146. The smallest absolute Gasteiger partial charge is 0.373 e. The van der Waals surface area contributed by atoms with Crippen molar-refractivity contribution in [3.8, 4) is 0 Å². The number of hydrogen-bond donors (Lipinski definition) is 0. The van der Waals surface area contributed by atoms with Crippen LogP contribution in [0.1, 0.15) is 23.2 Å². The van der Waals surface area contributed by atoms with Crippen LogP contribution in [0, 0.1) is 10.1 Å². The summed E-state index contributed by atoms with van der Waals surface area (Å²) in [6.07, 6.45) is -5.40. The van der Waals surface area contributed by atoms with Crippen molar-refractivity contribution < 1.29 is 27.6 Å². The zero-order valence-corrected chi connectivity index (χ0v) is 10.4. The number of halogens is 3. The summed E-state index contributed by atoms with van der Waals surface area (Å²) in [5.41, 5.74) is 0.0686. The Balaban J connectivity index is 2.34. The van der Waals surface area contributed by atoms with Gasteiger partial charge in [-0.1, -0.05) is 0 Å². The summed E-state index contributed by atoms with van der Waals surface area (Å²) in [4.78, 5) is 21.4. The Morgan fingerprint density at radius 1 is 1.25 bits per heavy atom. The molecule has 0 fully saturated rings. The summed E-state index contributed by atoms with van der Waals surface area (Å²) in [6, 6.07) is 4.91. The molecule has 1 rings (SSSR count). The highest BCUT2D eigenvalue weighted by Gasteiger charge is 2.25. The molecule has 0 aliphatic rings. The lowest BCUT2D eigenvalue weighted by Crippen LogP contribution is -2.12. The SMILES string of the molecule is O=C(COCCCC(F)(F)F)c1ccc([N+](=O)[O-])cc1. The first-order chi connectivity index (χ1) is 9.29. The van der Waals surface area contributed by atoms with Crippen molar-refractivity contribution in [1.29, 1.82) is 0 Å². The summed E-state index contributed by atoms with van der Waals surface area (Å²) in [7, 11) is 0. The number of alkyl halides is 3. The molecule has 0 spiro atoms. The second-order valence-corrected chi connectivity index (χ2v) is 4.00. The number of carbonyl (C=O) groups is 1. The fraction of sp³-hybridized carbons (Fsp3) is 0.417. The van der Waals surface area contributed by atoms with Crippen molar-refractivity contribution in [1.82, 2.24) is 0 Å². The van der Waals surface area contributed by atoms with Crippen LogP contribution in [-0.4, -0.2) is 30.1 Å². The average Bonchev–Trinajstić information content (AvgIpc) is 2.37. The molecule has 5 nitrogen and oxygen atoms in total. The number of rotatable bonds is 7. The van der Waals surface area contributed by atoms with Gasteiger partial charge in [0.25, 0.3) is 5.69 Å². The van der Waals surface area contributed by atoms with E-state index in [2.05, 4.69) is 0 Å². The maximum atomic E-state index is 11.8. The fourth-order valence-corrected chi connectivity index (χ4v) is 1.39. The number of carbonyl (C=O) groups excluding carboxylic acids is 1. The van der Waals surface area contributed by atoms with Gasteiger partial charge in [-0.05, 0) is 18.6 Å². The Morgan fingerprint density at radius 2 is 1.85 bits per heavy atom. The van der Waals surface area contributed by atoms with Crippen molar-refractivity contribution in [2.45, 2.75) is 19.0 Å². The van der Waals surface area contributed by atoms with E-state index < -0.39 is 23.3 Å². The number of Topliss-reactive ketones (excluding diaryl/α,β-unsaturated/α-hetero) is 1. The Bertz CT molecular complexity index is 471. The van der Waals surface area contributed by atoms with Crippen LogP contribution in [0.25, 0.3) is 0 Å². The molecule has 0 unspecified atom stereocenters. The van der Waals surface area contributed by atoms with Gasteiger partial charge in [0.15, 0.2) is 5.78 Å². The van der Waals surface area contributed by atoms with Crippen LogP contribution in [0.15, 0.2) is 24.3 Å². The van der Waals surface area contributed by atoms with Crippen LogP contribution >= 0.6 is 0 Å². The third-order valence-electron chi connectivity index (χ3n) is 2.38. The molecule has 0 saturated carbocycles. The van der Waals surface area contributed by atoms with Gasteiger partial charge < -0.3 is 4.74 Å². The highest BCUT2D eigenvalue weighted by molar-refractivity contribution is 5.97. The van der Waals surface area contributed by atoms with Crippen LogP contribution in [0.5, 0.6) is 0 Å². The Morgan fingerprint density at radius 3 is 2.35 bits per heavy atom. The summed E-state index contributed by atoms with van der Waals surface area (Å²) in [5.74, 6) is -0.438. The van der Waals surface area contributed by atoms with Gasteiger partial charge in [0.1, 0.15) is 6.61 Å². The van der Waals surface area contributed by atoms with Crippen LogP contribution in [-0.2, 0) is 4.74 Å². The van der Waals surface area contributed by atoms with Gasteiger partial charge >= 0.3 is 6.18 Å². The van der Waals surface area contributed by atoms with Crippen LogP contribution in [0.3, 0.4) is 0 Å². The molecule has 0 bridgehead atoms. The summed E-state index contributed by atoms with van der Waals surface area (Å²) in [5, 5.41) is 10.4. The molecule has 0 amide bonds. The number of non-ortho nitro benzene ring substituents is 1. The van der Waals surface area contributed by atoms with Crippen LogP contribution < -0.4 is 0 Å². The molecular formula is C12H12F3NO4. The van der Waals surface area contributed by atoms with Gasteiger partial charge in [-0.25, -0.2) is 0 Å². The van der Waals surface area contributed by atoms with Crippen molar-refractivity contribution in [3.05, 3.63) is 39.9 Å². The summed E-state index contributed by atoms with van der Waals surface area (Å²) >= 11 is 0. The van der Waals surface area contributed by atoms with E-state index in [-0.39, 0.29) is 30.9 Å². The largest absolute Gasteiger partial charge is 0.389 e. The third-order valence-corrected chi connectivity index (χ3v) is 2.38. The second-order valence-electron chi connectivity index (χ2n) is 4.00. The zero-order valence-electron chi connectivity index (χ0n) is 10.4. The van der Waals surface area contributed by atoms with Crippen LogP contribution in [0.2, 0.25) is 0 Å². The monoisotopic (exact) mass is 291 g/mol. The number of nitro groups is 1. The zero-order chi connectivity index (χ0) is 15.2. The average molecular weight is 291 g/mol. The van der Waals surface area contributed by atoms with Crippen LogP contribution in [0.4, 0.5) is 18.9 Å². The Hall–Kier alpha value is -1.96. The van der Waals surface area contributed by atoms with Gasteiger partial charge in [0.05, 0.1) is 4.92 Å².